The molecule has 1 amide bonds. The number of amides is 1. The normalized spacial score (nSPS) is 10.8. The Morgan fingerprint density at radius 1 is 1.25 bits per heavy atom. The van der Waals surface area contributed by atoms with Gasteiger partial charge in [0.05, 0.1) is 12.1 Å². The highest BCUT2D eigenvalue weighted by molar-refractivity contribution is 7.08. The van der Waals surface area contributed by atoms with Gasteiger partial charge in [0.1, 0.15) is 10.7 Å². The third-order valence-electron chi connectivity index (χ3n) is 3.20. The molecule has 0 unspecified atom stereocenters. The van der Waals surface area contributed by atoms with Crippen molar-refractivity contribution < 1.29 is 13.6 Å². The Balaban J connectivity index is 1.66. The zero-order valence-electron chi connectivity index (χ0n) is 12.8. The summed E-state index contributed by atoms with van der Waals surface area (Å²) in [6, 6.07) is 6.00. The molecule has 3 rings (SSSR count). The Kier molecular flexibility index (Phi) is 4.90. The zero-order chi connectivity index (χ0) is 16.9. The Morgan fingerprint density at radius 2 is 2.04 bits per heavy atom. The Bertz CT molecular complexity index is 831. The second-order valence-corrected chi connectivity index (χ2v) is 5.81. The molecule has 0 aliphatic carbocycles. The van der Waals surface area contributed by atoms with Gasteiger partial charge < -0.3 is 4.42 Å². The molecule has 1 aromatic carbocycles. The second kappa shape index (κ2) is 7.26. The van der Waals surface area contributed by atoms with Crippen LogP contribution >= 0.6 is 11.5 Å². The Labute approximate surface area is 141 Å². The van der Waals surface area contributed by atoms with Crippen molar-refractivity contribution in [3.8, 4) is 0 Å². The molecule has 0 aliphatic heterocycles. The fraction of sp³-hybridized carbons (Fsp3) is 0.267. The van der Waals surface area contributed by atoms with Crippen LogP contribution in [0.2, 0.25) is 0 Å². The van der Waals surface area contributed by atoms with Crippen LogP contribution in [-0.2, 0) is 12.8 Å². The van der Waals surface area contributed by atoms with Crippen molar-refractivity contribution in [3.63, 3.8) is 0 Å². The fourth-order valence-corrected chi connectivity index (χ4v) is 2.69. The van der Waals surface area contributed by atoms with Crippen LogP contribution in [0, 0.1) is 5.82 Å². The van der Waals surface area contributed by atoms with E-state index in [0.29, 0.717) is 29.3 Å². The monoisotopic (exact) mass is 347 g/mol. The number of carbonyl (C=O) groups excluding carboxylic acids is 1. The van der Waals surface area contributed by atoms with Crippen LogP contribution < -0.4 is 5.32 Å². The second-order valence-electron chi connectivity index (χ2n) is 5.06. The van der Waals surface area contributed by atoms with E-state index in [-0.39, 0.29) is 17.7 Å². The first kappa shape index (κ1) is 16.2. The number of aromatic nitrogens is 4. The van der Waals surface area contributed by atoms with Crippen molar-refractivity contribution in [2.45, 2.75) is 26.2 Å². The third-order valence-corrected chi connectivity index (χ3v) is 3.97. The van der Waals surface area contributed by atoms with E-state index in [2.05, 4.69) is 25.1 Å². The maximum Gasteiger partial charge on any atom is 0.322 e. The molecule has 0 bridgehead atoms. The molecule has 0 radical (unpaired) electrons. The molecule has 0 saturated heterocycles. The van der Waals surface area contributed by atoms with E-state index in [0.717, 1.165) is 23.5 Å². The van der Waals surface area contributed by atoms with Gasteiger partial charge in [-0.3, -0.25) is 10.1 Å². The summed E-state index contributed by atoms with van der Waals surface area (Å²) >= 11 is 1.03. The highest BCUT2D eigenvalue weighted by Gasteiger charge is 2.18. The lowest BCUT2D eigenvalue weighted by Gasteiger charge is -1.99. The quantitative estimate of drug-likeness (QED) is 0.737. The van der Waals surface area contributed by atoms with Gasteiger partial charge in [-0.25, -0.2) is 4.39 Å². The molecule has 2 aromatic heterocycles. The standard InChI is InChI=1S/C15H14FN5O2S/c1-2-3-11-13(24-21-18-11)14(22)17-15-20-19-12(23-15)8-9-4-6-10(16)7-5-9/h4-7H,2-3,8H2,1H3,(H,17,20,22). The summed E-state index contributed by atoms with van der Waals surface area (Å²) in [5.74, 6) is -0.350. The molecule has 0 atom stereocenters. The summed E-state index contributed by atoms with van der Waals surface area (Å²) < 4.78 is 22.1. The van der Waals surface area contributed by atoms with Gasteiger partial charge in [-0.05, 0) is 35.6 Å². The number of rotatable bonds is 6. The highest BCUT2D eigenvalue weighted by Crippen LogP contribution is 2.16. The maximum atomic E-state index is 12.9. The number of halogens is 1. The molecule has 9 heteroatoms. The lowest BCUT2D eigenvalue weighted by molar-refractivity contribution is 0.102. The minimum Gasteiger partial charge on any atom is -0.407 e. The van der Waals surface area contributed by atoms with Crippen LogP contribution in [0.4, 0.5) is 10.4 Å². The van der Waals surface area contributed by atoms with E-state index < -0.39 is 0 Å². The number of nitrogens with one attached hydrogen (secondary N) is 1. The molecule has 1 N–H and O–H groups in total. The lowest BCUT2D eigenvalue weighted by atomic mass is 10.1. The predicted molar refractivity (Wildman–Crippen MR) is 85.4 cm³/mol. The predicted octanol–water partition coefficient (Wildman–Crippen LogP) is 2.86. The van der Waals surface area contributed by atoms with E-state index in [1.165, 1.54) is 12.1 Å². The van der Waals surface area contributed by atoms with E-state index >= 15 is 0 Å². The summed E-state index contributed by atoms with van der Waals surface area (Å²) in [4.78, 5) is 12.7. The molecule has 0 aliphatic rings. The molecular weight excluding hydrogens is 333 g/mol. The smallest absolute Gasteiger partial charge is 0.322 e. The zero-order valence-corrected chi connectivity index (χ0v) is 13.6. The molecule has 7 nitrogen and oxygen atoms in total. The third kappa shape index (κ3) is 3.80. The highest BCUT2D eigenvalue weighted by atomic mass is 32.1. The SMILES string of the molecule is CCCc1nnsc1C(=O)Nc1nnc(Cc2ccc(F)cc2)o1. The topological polar surface area (TPSA) is 93.8 Å². The number of aryl methyl sites for hydroxylation is 1. The number of benzene rings is 1. The minimum absolute atomic E-state index is 0.00737. The summed E-state index contributed by atoms with van der Waals surface area (Å²) in [5.41, 5.74) is 1.49. The van der Waals surface area contributed by atoms with Crippen molar-refractivity contribution in [2.24, 2.45) is 0 Å². The molecular formula is C15H14FN5O2S. The van der Waals surface area contributed by atoms with Gasteiger partial charge in [-0.1, -0.05) is 35.1 Å². The first-order valence-corrected chi connectivity index (χ1v) is 8.12. The number of hydrogen-bond donors (Lipinski definition) is 1. The van der Waals surface area contributed by atoms with Gasteiger partial charge in [0.15, 0.2) is 0 Å². The van der Waals surface area contributed by atoms with Crippen LogP contribution in [0.25, 0.3) is 0 Å². The van der Waals surface area contributed by atoms with Crippen LogP contribution in [0.3, 0.4) is 0 Å². The van der Waals surface area contributed by atoms with Gasteiger partial charge in [-0.15, -0.1) is 10.2 Å². The van der Waals surface area contributed by atoms with Gasteiger partial charge in [0.2, 0.25) is 5.89 Å². The first-order chi connectivity index (χ1) is 11.7. The van der Waals surface area contributed by atoms with Gasteiger partial charge in [0, 0.05) is 0 Å². The largest absolute Gasteiger partial charge is 0.407 e. The van der Waals surface area contributed by atoms with E-state index in [9.17, 15) is 9.18 Å². The molecule has 2 heterocycles. The van der Waals surface area contributed by atoms with Crippen LogP contribution in [0.1, 0.15) is 40.2 Å². The van der Waals surface area contributed by atoms with Crippen molar-refractivity contribution >= 4 is 23.5 Å². The number of nitrogens with zero attached hydrogens (tertiary/aromatic N) is 4. The van der Waals surface area contributed by atoms with Crippen LogP contribution in [0.5, 0.6) is 0 Å². The Hall–Kier alpha value is -2.68. The average Bonchev–Trinajstić information content (AvgIpc) is 3.19. The van der Waals surface area contributed by atoms with Gasteiger partial charge in [0.25, 0.3) is 5.91 Å². The molecule has 0 fully saturated rings. The first-order valence-electron chi connectivity index (χ1n) is 7.35. The lowest BCUT2D eigenvalue weighted by Crippen LogP contribution is -2.12. The summed E-state index contributed by atoms with van der Waals surface area (Å²) in [6.07, 6.45) is 1.90. The van der Waals surface area contributed by atoms with Crippen molar-refractivity contribution in [2.75, 3.05) is 5.32 Å². The summed E-state index contributed by atoms with van der Waals surface area (Å²) in [7, 11) is 0. The number of hydrogen-bond acceptors (Lipinski definition) is 7. The fourth-order valence-electron chi connectivity index (χ4n) is 2.09. The molecule has 0 saturated carbocycles. The summed E-state index contributed by atoms with van der Waals surface area (Å²) in [6.45, 7) is 2.00. The molecule has 3 aromatic rings. The number of carbonyl (C=O) groups is 1. The van der Waals surface area contributed by atoms with E-state index in [1.807, 2.05) is 6.92 Å². The average molecular weight is 347 g/mol. The van der Waals surface area contributed by atoms with Crippen molar-refractivity contribution in [1.82, 2.24) is 19.8 Å². The Morgan fingerprint density at radius 3 is 2.79 bits per heavy atom. The van der Waals surface area contributed by atoms with Crippen LogP contribution in [-0.4, -0.2) is 25.7 Å². The van der Waals surface area contributed by atoms with Crippen LogP contribution in [0.15, 0.2) is 28.7 Å². The van der Waals surface area contributed by atoms with Crippen molar-refractivity contribution in [1.29, 1.82) is 0 Å². The molecule has 24 heavy (non-hydrogen) atoms. The molecule has 0 spiro atoms. The van der Waals surface area contributed by atoms with Crippen molar-refractivity contribution in [3.05, 3.63) is 52.1 Å². The van der Waals surface area contributed by atoms with E-state index in [4.69, 9.17) is 4.42 Å². The summed E-state index contributed by atoms with van der Waals surface area (Å²) in [5, 5.41) is 14.2. The van der Waals surface area contributed by atoms with Gasteiger partial charge >= 0.3 is 6.01 Å². The van der Waals surface area contributed by atoms with E-state index in [1.54, 1.807) is 12.1 Å². The maximum absolute atomic E-state index is 12.9. The van der Waals surface area contributed by atoms with Gasteiger partial charge in [-0.2, -0.15) is 0 Å². The molecule has 124 valence electrons. The number of anilines is 1. The minimum atomic E-state index is -0.370.